The van der Waals surface area contributed by atoms with E-state index < -0.39 is 24.1 Å². The fraction of sp³-hybridized carbons (Fsp3) is 0.375. The van der Waals surface area contributed by atoms with Crippen molar-refractivity contribution >= 4 is 5.82 Å². The van der Waals surface area contributed by atoms with Crippen LogP contribution in [0.1, 0.15) is 6.92 Å². The second-order valence-corrected chi connectivity index (χ2v) is 2.91. The van der Waals surface area contributed by atoms with E-state index in [1.54, 1.807) is 0 Å². The number of anilines is 1. The average molecular weight is 208 g/mol. The van der Waals surface area contributed by atoms with Gasteiger partial charge < -0.3 is 5.32 Å². The van der Waals surface area contributed by atoms with E-state index in [9.17, 15) is 17.6 Å². The second kappa shape index (κ2) is 3.81. The molecule has 1 N–H and O–H groups in total. The molecule has 6 heteroatoms. The Hall–Kier alpha value is -1.33. The molecule has 78 valence electrons. The van der Waals surface area contributed by atoms with E-state index in [0.29, 0.717) is 13.0 Å². The van der Waals surface area contributed by atoms with Crippen LogP contribution < -0.4 is 5.32 Å². The van der Waals surface area contributed by atoms with Crippen molar-refractivity contribution in [3.63, 3.8) is 0 Å². The summed E-state index contributed by atoms with van der Waals surface area (Å²) in [6.07, 6.45) is 0.749. The van der Waals surface area contributed by atoms with Crippen molar-refractivity contribution in [2.24, 2.45) is 0 Å². The SMILES string of the molecule is CC(F)(F)CNc1ncc(F)cc1F. The van der Waals surface area contributed by atoms with Crippen LogP contribution in [0.25, 0.3) is 0 Å². The minimum Gasteiger partial charge on any atom is -0.362 e. The van der Waals surface area contributed by atoms with Crippen molar-refractivity contribution in [2.45, 2.75) is 12.8 Å². The van der Waals surface area contributed by atoms with Gasteiger partial charge >= 0.3 is 0 Å². The maximum absolute atomic E-state index is 12.8. The third-order valence-electron chi connectivity index (χ3n) is 1.37. The number of halogens is 4. The van der Waals surface area contributed by atoms with Crippen LogP contribution >= 0.6 is 0 Å². The lowest BCUT2D eigenvalue weighted by atomic mass is 10.3. The standard InChI is InChI=1S/C8H8F4N2/c1-8(11,12)4-14-7-6(10)2-5(9)3-13-7/h2-3H,4H2,1H3,(H,13,14). The molecule has 0 aliphatic heterocycles. The van der Waals surface area contributed by atoms with Crippen LogP contribution in [-0.2, 0) is 0 Å². The Morgan fingerprint density at radius 1 is 1.43 bits per heavy atom. The minimum atomic E-state index is -2.97. The number of nitrogens with one attached hydrogen (secondary N) is 1. The van der Waals surface area contributed by atoms with Crippen LogP contribution in [0, 0.1) is 11.6 Å². The topological polar surface area (TPSA) is 24.9 Å². The van der Waals surface area contributed by atoms with Gasteiger partial charge in [0.05, 0.1) is 12.7 Å². The lowest BCUT2D eigenvalue weighted by Gasteiger charge is -2.11. The fourth-order valence-corrected chi connectivity index (χ4v) is 0.784. The zero-order valence-corrected chi connectivity index (χ0v) is 7.32. The Labute approximate surface area is 78.0 Å². The van der Waals surface area contributed by atoms with E-state index in [1.807, 2.05) is 0 Å². The van der Waals surface area contributed by atoms with E-state index in [4.69, 9.17) is 0 Å². The van der Waals surface area contributed by atoms with E-state index in [2.05, 4.69) is 10.3 Å². The molecular formula is C8H8F4N2. The fourth-order valence-electron chi connectivity index (χ4n) is 0.784. The molecule has 1 rings (SSSR count). The van der Waals surface area contributed by atoms with Gasteiger partial charge in [-0.15, -0.1) is 0 Å². The molecule has 0 fully saturated rings. The Morgan fingerprint density at radius 3 is 2.57 bits per heavy atom. The summed E-state index contributed by atoms with van der Waals surface area (Å²) in [5, 5.41) is 2.08. The van der Waals surface area contributed by atoms with Crippen LogP contribution in [-0.4, -0.2) is 17.5 Å². The van der Waals surface area contributed by atoms with Gasteiger partial charge in [0, 0.05) is 13.0 Å². The molecule has 0 aliphatic rings. The van der Waals surface area contributed by atoms with Crippen molar-refractivity contribution < 1.29 is 17.6 Å². The number of rotatable bonds is 3. The summed E-state index contributed by atoms with van der Waals surface area (Å²) < 4.78 is 49.8. The van der Waals surface area contributed by atoms with Crippen LogP contribution in [0.2, 0.25) is 0 Å². The first-order valence-corrected chi connectivity index (χ1v) is 3.81. The van der Waals surface area contributed by atoms with Crippen molar-refractivity contribution in [3.05, 3.63) is 23.9 Å². The summed E-state index contributed by atoms with van der Waals surface area (Å²) in [6.45, 7) is -0.0655. The first-order chi connectivity index (χ1) is 6.38. The second-order valence-electron chi connectivity index (χ2n) is 2.91. The monoisotopic (exact) mass is 208 g/mol. The van der Waals surface area contributed by atoms with Gasteiger partial charge in [0.2, 0.25) is 0 Å². The third kappa shape index (κ3) is 3.20. The normalized spacial score (nSPS) is 11.5. The van der Waals surface area contributed by atoms with Gasteiger partial charge in [-0.05, 0) is 0 Å². The summed E-state index contributed by atoms with van der Waals surface area (Å²) in [4.78, 5) is 3.29. The van der Waals surface area contributed by atoms with Crippen molar-refractivity contribution in [2.75, 3.05) is 11.9 Å². The zero-order chi connectivity index (χ0) is 10.8. The predicted octanol–water partition coefficient (Wildman–Crippen LogP) is 2.43. The minimum absolute atomic E-state index is 0.382. The highest BCUT2D eigenvalue weighted by Crippen LogP contribution is 2.15. The number of aromatic nitrogens is 1. The lowest BCUT2D eigenvalue weighted by molar-refractivity contribution is 0.0366. The Balaban J connectivity index is 2.68. The van der Waals surface area contributed by atoms with Crippen LogP contribution in [0.15, 0.2) is 12.3 Å². The van der Waals surface area contributed by atoms with Crippen LogP contribution in [0.3, 0.4) is 0 Å². The van der Waals surface area contributed by atoms with Gasteiger partial charge in [-0.25, -0.2) is 22.5 Å². The van der Waals surface area contributed by atoms with Crippen molar-refractivity contribution in [3.8, 4) is 0 Å². The van der Waals surface area contributed by atoms with Crippen molar-refractivity contribution in [1.29, 1.82) is 0 Å². The first kappa shape index (κ1) is 10.7. The number of hydrogen-bond acceptors (Lipinski definition) is 2. The summed E-state index contributed by atoms with van der Waals surface area (Å²) in [7, 11) is 0. The molecule has 0 unspecified atom stereocenters. The van der Waals surface area contributed by atoms with Crippen molar-refractivity contribution in [1.82, 2.24) is 4.98 Å². The van der Waals surface area contributed by atoms with Gasteiger partial charge in [0.25, 0.3) is 5.92 Å². The summed E-state index contributed by atoms with van der Waals surface area (Å²) in [6, 6.07) is 0.573. The van der Waals surface area contributed by atoms with Gasteiger partial charge in [-0.2, -0.15) is 0 Å². The molecule has 0 saturated heterocycles. The lowest BCUT2D eigenvalue weighted by Crippen LogP contribution is -2.23. The maximum atomic E-state index is 12.8. The molecule has 1 heterocycles. The van der Waals surface area contributed by atoms with Gasteiger partial charge in [0.1, 0.15) is 5.82 Å². The quantitative estimate of drug-likeness (QED) is 0.771. The van der Waals surface area contributed by atoms with Gasteiger partial charge in [0.15, 0.2) is 11.6 Å². The highest BCUT2D eigenvalue weighted by Gasteiger charge is 2.21. The van der Waals surface area contributed by atoms with Crippen LogP contribution in [0.4, 0.5) is 23.4 Å². The molecule has 0 aliphatic carbocycles. The molecule has 2 nitrogen and oxygen atoms in total. The Kier molecular flexibility index (Phi) is 2.93. The molecule has 14 heavy (non-hydrogen) atoms. The molecule has 0 saturated carbocycles. The van der Waals surface area contributed by atoms with Gasteiger partial charge in [-0.3, -0.25) is 0 Å². The van der Waals surface area contributed by atoms with E-state index in [0.717, 1.165) is 6.20 Å². The molecule has 0 aromatic carbocycles. The average Bonchev–Trinajstić information content (AvgIpc) is 2.00. The van der Waals surface area contributed by atoms with Crippen LogP contribution in [0.5, 0.6) is 0 Å². The highest BCUT2D eigenvalue weighted by atomic mass is 19.3. The Morgan fingerprint density at radius 2 is 2.07 bits per heavy atom. The smallest absolute Gasteiger partial charge is 0.262 e. The first-order valence-electron chi connectivity index (χ1n) is 3.81. The Bertz CT molecular complexity index is 322. The molecule has 1 aromatic rings. The predicted molar refractivity (Wildman–Crippen MR) is 43.3 cm³/mol. The zero-order valence-electron chi connectivity index (χ0n) is 7.32. The molecule has 0 radical (unpaired) electrons. The number of hydrogen-bond donors (Lipinski definition) is 1. The summed E-state index contributed by atoms with van der Waals surface area (Å²) in [5.74, 6) is -5.19. The summed E-state index contributed by atoms with van der Waals surface area (Å²) in [5.41, 5.74) is 0. The molecule has 0 amide bonds. The molecule has 0 spiro atoms. The van der Waals surface area contributed by atoms with Gasteiger partial charge in [-0.1, -0.05) is 0 Å². The van der Waals surface area contributed by atoms with E-state index >= 15 is 0 Å². The summed E-state index contributed by atoms with van der Waals surface area (Å²) >= 11 is 0. The number of nitrogens with zero attached hydrogens (tertiary/aromatic N) is 1. The highest BCUT2D eigenvalue weighted by molar-refractivity contribution is 5.35. The maximum Gasteiger partial charge on any atom is 0.262 e. The third-order valence-corrected chi connectivity index (χ3v) is 1.37. The molecule has 1 aromatic heterocycles. The molecule has 0 atom stereocenters. The largest absolute Gasteiger partial charge is 0.362 e. The van der Waals surface area contributed by atoms with E-state index in [1.165, 1.54) is 0 Å². The number of alkyl halides is 2. The molecule has 0 bridgehead atoms. The van der Waals surface area contributed by atoms with E-state index in [-0.39, 0.29) is 5.82 Å². The number of pyridine rings is 1. The molecular weight excluding hydrogens is 200 g/mol.